The monoisotopic (exact) mass is 422 g/mol. The van der Waals surface area contributed by atoms with Crippen molar-refractivity contribution in [2.45, 2.75) is 46.3 Å². The molecule has 0 saturated heterocycles. The average Bonchev–Trinajstić information content (AvgIpc) is 3.10. The van der Waals surface area contributed by atoms with Crippen LogP contribution in [0.5, 0.6) is 0 Å². The van der Waals surface area contributed by atoms with Gasteiger partial charge in [-0.15, -0.1) is 6.58 Å². The lowest BCUT2D eigenvalue weighted by atomic mass is 10.2. The number of carbonyl (C=O) groups excluding carboxylic acids is 1. The summed E-state index contributed by atoms with van der Waals surface area (Å²) < 4.78 is 15.9. The quantitative estimate of drug-likeness (QED) is 0.353. The number of benzene rings is 2. The second-order valence-corrected chi connectivity index (χ2v) is 7.66. The summed E-state index contributed by atoms with van der Waals surface area (Å²) in [6.45, 7) is 11.2. The fraction of sp³-hybridized carbons (Fsp3) is 0.360. The highest BCUT2D eigenvalue weighted by Crippen LogP contribution is 2.21. The molecule has 0 spiro atoms. The van der Waals surface area contributed by atoms with Crippen LogP contribution < -0.4 is 5.32 Å². The molecule has 0 aliphatic heterocycles. The van der Waals surface area contributed by atoms with Crippen molar-refractivity contribution in [1.82, 2.24) is 19.8 Å². The summed E-state index contributed by atoms with van der Waals surface area (Å²) in [4.78, 5) is 19.7. The van der Waals surface area contributed by atoms with E-state index in [1.165, 1.54) is 12.1 Å². The number of aromatic nitrogens is 2. The summed E-state index contributed by atoms with van der Waals surface area (Å²) in [7, 11) is 0. The first-order chi connectivity index (χ1) is 15.1. The van der Waals surface area contributed by atoms with Crippen LogP contribution in [0.1, 0.15) is 48.4 Å². The van der Waals surface area contributed by atoms with Crippen LogP contribution in [0.25, 0.3) is 11.0 Å². The van der Waals surface area contributed by atoms with Gasteiger partial charge in [-0.25, -0.2) is 9.37 Å². The molecule has 3 rings (SSSR count). The van der Waals surface area contributed by atoms with Crippen molar-refractivity contribution < 1.29 is 9.18 Å². The molecule has 0 aliphatic rings. The van der Waals surface area contributed by atoms with Gasteiger partial charge < -0.3 is 14.8 Å². The SMILES string of the molecule is C=CCNCc1ccc2c(c1)nc(CN(CCC)C(=O)c1cccc(F)c1)n2CCC. The molecule has 0 atom stereocenters. The van der Waals surface area contributed by atoms with Crippen LogP contribution in [-0.4, -0.2) is 33.4 Å². The van der Waals surface area contributed by atoms with Gasteiger partial charge in [-0.1, -0.05) is 32.1 Å². The Balaban J connectivity index is 1.91. The maximum atomic E-state index is 13.7. The molecular formula is C25H31FN4O. The normalized spacial score (nSPS) is 11.1. The first-order valence-electron chi connectivity index (χ1n) is 10.9. The van der Waals surface area contributed by atoms with Gasteiger partial charge >= 0.3 is 0 Å². The zero-order valence-corrected chi connectivity index (χ0v) is 18.4. The second kappa shape index (κ2) is 10.9. The molecule has 31 heavy (non-hydrogen) atoms. The minimum Gasteiger partial charge on any atom is -0.331 e. The number of rotatable bonds is 11. The van der Waals surface area contributed by atoms with E-state index in [0.29, 0.717) is 18.7 Å². The lowest BCUT2D eigenvalue weighted by Gasteiger charge is -2.22. The van der Waals surface area contributed by atoms with Gasteiger partial charge in [0.15, 0.2) is 0 Å². The summed E-state index contributed by atoms with van der Waals surface area (Å²) in [5.74, 6) is 0.273. The molecular weight excluding hydrogens is 391 g/mol. The fourth-order valence-electron chi connectivity index (χ4n) is 3.74. The van der Waals surface area contributed by atoms with Crippen molar-refractivity contribution in [1.29, 1.82) is 0 Å². The minimum absolute atomic E-state index is 0.175. The molecule has 0 radical (unpaired) electrons. The summed E-state index contributed by atoms with van der Waals surface area (Å²) in [5.41, 5.74) is 3.51. The highest BCUT2D eigenvalue weighted by molar-refractivity contribution is 5.94. The summed E-state index contributed by atoms with van der Waals surface area (Å²) >= 11 is 0. The lowest BCUT2D eigenvalue weighted by molar-refractivity contribution is 0.0736. The molecule has 2 aromatic carbocycles. The molecule has 0 saturated carbocycles. The molecule has 0 aliphatic carbocycles. The number of imidazole rings is 1. The topological polar surface area (TPSA) is 50.2 Å². The predicted octanol–water partition coefficient (Wildman–Crippen LogP) is 4.91. The Kier molecular flexibility index (Phi) is 7.95. The van der Waals surface area contributed by atoms with Crippen LogP contribution in [0.15, 0.2) is 55.1 Å². The van der Waals surface area contributed by atoms with E-state index in [1.54, 1.807) is 17.0 Å². The van der Waals surface area contributed by atoms with E-state index in [0.717, 1.165) is 54.9 Å². The Bertz CT molecular complexity index is 1040. The minimum atomic E-state index is -0.405. The average molecular weight is 423 g/mol. The second-order valence-electron chi connectivity index (χ2n) is 7.66. The van der Waals surface area contributed by atoms with E-state index in [-0.39, 0.29) is 5.91 Å². The van der Waals surface area contributed by atoms with Crippen LogP contribution in [0.4, 0.5) is 4.39 Å². The fourth-order valence-corrected chi connectivity index (χ4v) is 3.74. The number of nitrogens with one attached hydrogen (secondary N) is 1. The largest absolute Gasteiger partial charge is 0.331 e. The summed E-state index contributed by atoms with van der Waals surface area (Å²) in [6.07, 6.45) is 3.62. The molecule has 0 fully saturated rings. The third-order valence-corrected chi connectivity index (χ3v) is 5.14. The Morgan fingerprint density at radius 3 is 2.77 bits per heavy atom. The maximum Gasteiger partial charge on any atom is 0.254 e. The van der Waals surface area contributed by atoms with Gasteiger partial charge in [0.1, 0.15) is 11.6 Å². The Labute approximate surface area is 183 Å². The summed E-state index contributed by atoms with van der Waals surface area (Å²) in [5, 5.41) is 3.31. The van der Waals surface area contributed by atoms with Crippen molar-refractivity contribution in [3.05, 3.63) is 77.9 Å². The smallest absolute Gasteiger partial charge is 0.254 e. The number of carbonyl (C=O) groups is 1. The highest BCUT2D eigenvalue weighted by Gasteiger charge is 2.20. The molecule has 1 aromatic heterocycles. The van der Waals surface area contributed by atoms with Gasteiger partial charge in [0, 0.05) is 31.7 Å². The third kappa shape index (κ3) is 5.58. The molecule has 164 valence electrons. The lowest BCUT2D eigenvalue weighted by Crippen LogP contribution is -2.32. The van der Waals surface area contributed by atoms with Gasteiger partial charge in [0.2, 0.25) is 0 Å². The van der Waals surface area contributed by atoms with Gasteiger partial charge in [-0.2, -0.15) is 0 Å². The highest BCUT2D eigenvalue weighted by atomic mass is 19.1. The van der Waals surface area contributed by atoms with Crippen molar-refractivity contribution in [3.63, 3.8) is 0 Å². The van der Waals surface area contributed by atoms with E-state index < -0.39 is 5.82 Å². The Hall–Kier alpha value is -2.99. The number of nitrogens with zero attached hydrogens (tertiary/aromatic N) is 3. The molecule has 0 bridgehead atoms. The van der Waals surface area contributed by atoms with Gasteiger partial charge in [-0.3, -0.25) is 4.79 Å². The van der Waals surface area contributed by atoms with Crippen molar-refractivity contribution in [2.24, 2.45) is 0 Å². The molecule has 1 heterocycles. The molecule has 0 unspecified atom stereocenters. The van der Waals surface area contributed by atoms with Crippen LogP contribution >= 0.6 is 0 Å². The zero-order chi connectivity index (χ0) is 22.2. The molecule has 1 amide bonds. The number of hydrogen-bond donors (Lipinski definition) is 1. The van der Waals surface area contributed by atoms with Gasteiger partial charge in [-0.05, 0) is 48.7 Å². The zero-order valence-electron chi connectivity index (χ0n) is 18.4. The molecule has 6 heteroatoms. The Morgan fingerprint density at radius 2 is 2.06 bits per heavy atom. The number of fused-ring (bicyclic) bond motifs is 1. The maximum absolute atomic E-state index is 13.7. The van der Waals surface area contributed by atoms with E-state index in [4.69, 9.17) is 4.98 Å². The molecule has 3 aromatic rings. The van der Waals surface area contributed by atoms with Crippen LogP contribution in [0, 0.1) is 5.82 Å². The van der Waals surface area contributed by atoms with Crippen LogP contribution in [0.3, 0.4) is 0 Å². The van der Waals surface area contributed by atoms with E-state index >= 15 is 0 Å². The van der Waals surface area contributed by atoms with E-state index in [2.05, 4.69) is 41.6 Å². The number of halogens is 1. The predicted molar refractivity (Wildman–Crippen MR) is 123 cm³/mol. The summed E-state index contributed by atoms with van der Waals surface area (Å²) in [6, 6.07) is 12.2. The number of hydrogen-bond acceptors (Lipinski definition) is 3. The first kappa shape index (κ1) is 22.7. The van der Waals surface area contributed by atoms with Crippen LogP contribution in [0.2, 0.25) is 0 Å². The van der Waals surface area contributed by atoms with E-state index in [1.807, 2.05) is 13.0 Å². The Morgan fingerprint density at radius 1 is 1.23 bits per heavy atom. The molecule has 1 N–H and O–H groups in total. The van der Waals surface area contributed by atoms with Crippen molar-refractivity contribution in [2.75, 3.05) is 13.1 Å². The van der Waals surface area contributed by atoms with Gasteiger partial charge in [0.25, 0.3) is 5.91 Å². The number of aryl methyl sites for hydroxylation is 1. The van der Waals surface area contributed by atoms with Gasteiger partial charge in [0.05, 0.1) is 17.6 Å². The first-order valence-corrected chi connectivity index (χ1v) is 10.9. The standard InChI is InChI=1S/C25H31FN4O/c1-4-12-27-17-19-10-11-23-22(15-19)28-24(30(23)14-6-3)18-29(13-5-2)25(31)20-8-7-9-21(26)16-20/h4,7-11,15-16,27H,1,5-6,12-14,17-18H2,2-3H3. The number of amides is 1. The van der Waals surface area contributed by atoms with Crippen molar-refractivity contribution >= 4 is 16.9 Å². The third-order valence-electron chi connectivity index (χ3n) is 5.14. The van der Waals surface area contributed by atoms with Crippen LogP contribution in [-0.2, 0) is 19.6 Å². The van der Waals surface area contributed by atoms with Crippen molar-refractivity contribution in [3.8, 4) is 0 Å². The molecule has 5 nitrogen and oxygen atoms in total. The van der Waals surface area contributed by atoms with E-state index in [9.17, 15) is 9.18 Å².